The van der Waals surface area contributed by atoms with Crippen LogP contribution in [0.15, 0.2) is 18.5 Å². The van der Waals surface area contributed by atoms with E-state index in [1.807, 2.05) is 0 Å². The van der Waals surface area contributed by atoms with Crippen LogP contribution in [0.2, 0.25) is 0 Å². The molecule has 0 saturated heterocycles. The molecule has 2 N–H and O–H groups in total. The van der Waals surface area contributed by atoms with Gasteiger partial charge < -0.3 is 15.4 Å². The van der Waals surface area contributed by atoms with Crippen LogP contribution in [0.3, 0.4) is 0 Å². The standard InChI is InChI=1S/C10H16N4O2/c1-16-7-6-14(5-3-11)10(15)9-2-4-12-13-8-9/h2,4,8H,3,5-7,11H2,1H3. The highest BCUT2D eigenvalue weighted by Crippen LogP contribution is 2.01. The molecule has 16 heavy (non-hydrogen) atoms. The molecule has 0 unspecified atom stereocenters. The van der Waals surface area contributed by atoms with Crippen molar-refractivity contribution in [2.75, 3.05) is 33.4 Å². The molecule has 0 radical (unpaired) electrons. The molecule has 0 aromatic carbocycles. The number of rotatable bonds is 6. The van der Waals surface area contributed by atoms with E-state index < -0.39 is 0 Å². The lowest BCUT2D eigenvalue weighted by atomic mass is 10.2. The van der Waals surface area contributed by atoms with Crippen molar-refractivity contribution >= 4 is 5.91 Å². The molecule has 0 bridgehead atoms. The molecule has 0 saturated carbocycles. The molecule has 6 heteroatoms. The van der Waals surface area contributed by atoms with Crippen molar-refractivity contribution in [3.05, 3.63) is 24.0 Å². The molecule has 1 aromatic heterocycles. The number of ether oxygens (including phenoxy) is 1. The van der Waals surface area contributed by atoms with Crippen molar-refractivity contribution in [2.24, 2.45) is 5.73 Å². The number of aromatic nitrogens is 2. The quantitative estimate of drug-likeness (QED) is 0.706. The second kappa shape index (κ2) is 6.86. The van der Waals surface area contributed by atoms with Gasteiger partial charge in [-0.05, 0) is 6.07 Å². The molecule has 88 valence electrons. The predicted molar refractivity (Wildman–Crippen MR) is 58.9 cm³/mol. The van der Waals surface area contributed by atoms with Crippen molar-refractivity contribution < 1.29 is 9.53 Å². The van der Waals surface area contributed by atoms with Gasteiger partial charge in [-0.3, -0.25) is 4.79 Å². The second-order valence-corrected chi connectivity index (χ2v) is 3.20. The van der Waals surface area contributed by atoms with E-state index in [1.165, 1.54) is 12.4 Å². The topological polar surface area (TPSA) is 81.3 Å². The van der Waals surface area contributed by atoms with E-state index in [4.69, 9.17) is 10.5 Å². The van der Waals surface area contributed by atoms with Gasteiger partial charge in [0.05, 0.1) is 24.6 Å². The number of carbonyl (C=O) groups excluding carboxylic acids is 1. The Morgan fingerprint density at radius 3 is 2.88 bits per heavy atom. The van der Waals surface area contributed by atoms with Crippen LogP contribution in [0.1, 0.15) is 10.4 Å². The first-order valence-electron chi connectivity index (χ1n) is 5.04. The molecule has 1 amide bonds. The number of methoxy groups -OCH3 is 1. The van der Waals surface area contributed by atoms with E-state index in [9.17, 15) is 4.79 Å². The zero-order valence-electron chi connectivity index (χ0n) is 9.30. The minimum absolute atomic E-state index is 0.0996. The number of hydrogen-bond acceptors (Lipinski definition) is 5. The zero-order valence-corrected chi connectivity index (χ0v) is 9.30. The number of carbonyl (C=O) groups is 1. The fourth-order valence-corrected chi connectivity index (χ4v) is 1.27. The Balaban J connectivity index is 2.67. The first kappa shape index (κ1) is 12.5. The van der Waals surface area contributed by atoms with Crippen LogP contribution in [0, 0.1) is 0 Å². The lowest BCUT2D eigenvalue weighted by Crippen LogP contribution is -2.37. The monoisotopic (exact) mass is 224 g/mol. The lowest BCUT2D eigenvalue weighted by molar-refractivity contribution is 0.0701. The fraction of sp³-hybridized carbons (Fsp3) is 0.500. The molecular weight excluding hydrogens is 208 g/mol. The number of amides is 1. The summed E-state index contributed by atoms with van der Waals surface area (Å²) in [5.74, 6) is -0.0996. The summed E-state index contributed by atoms with van der Waals surface area (Å²) in [7, 11) is 1.60. The van der Waals surface area contributed by atoms with Crippen molar-refractivity contribution in [2.45, 2.75) is 0 Å². The summed E-state index contributed by atoms with van der Waals surface area (Å²) in [6, 6.07) is 1.63. The van der Waals surface area contributed by atoms with Gasteiger partial charge >= 0.3 is 0 Å². The van der Waals surface area contributed by atoms with Crippen LogP contribution in [0.5, 0.6) is 0 Å². The largest absolute Gasteiger partial charge is 0.383 e. The summed E-state index contributed by atoms with van der Waals surface area (Å²) in [6.07, 6.45) is 2.93. The van der Waals surface area contributed by atoms with Crippen molar-refractivity contribution in [3.63, 3.8) is 0 Å². The summed E-state index contributed by atoms with van der Waals surface area (Å²) in [5.41, 5.74) is 5.97. The van der Waals surface area contributed by atoms with Gasteiger partial charge in [0, 0.05) is 26.7 Å². The van der Waals surface area contributed by atoms with Crippen LogP contribution < -0.4 is 5.73 Å². The Hall–Kier alpha value is -1.53. The maximum absolute atomic E-state index is 12.0. The highest BCUT2D eigenvalue weighted by Gasteiger charge is 2.14. The third kappa shape index (κ3) is 3.56. The van der Waals surface area contributed by atoms with Crippen molar-refractivity contribution in [1.29, 1.82) is 0 Å². The number of nitrogens with two attached hydrogens (primary N) is 1. The van der Waals surface area contributed by atoms with Crippen LogP contribution in [-0.2, 0) is 4.74 Å². The Morgan fingerprint density at radius 2 is 2.31 bits per heavy atom. The molecular formula is C10H16N4O2. The van der Waals surface area contributed by atoms with Gasteiger partial charge in [-0.2, -0.15) is 10.2 Å². The van der Waals surface area contributed by atoms with Gasteiger partial charge in [0.15, 0.2) is 0 Å². The maximum Gasteiger partial charge on any atom is 0.255 e. The Kier molecular flexibility index (Phi) is 5.38. The molecule has 1 heterocycles. The summed E-state index contributed by atoms with van der Waals surface area (Å²) < 4.78 is 4.94. The first-order chi connectivity index (χ1) is 7.79. The van der Waals surface area contributed by atoms with E-state index in [0.717, 1.165) is 0 Å². The normalized spacial score (nSPS) is 10.1. The van der Waals surface area contributed by atoms with E-state index in [2.05, 4.69) is 10.2 Å². The van der Waals surface area contributed by atoms with E-state index in [-0.39, 0.29) is 5.91 Å². The predicted octanol–water partition coefficient (Wildman–Crippen LogP) is -0.476. The minimum Gasteiger partial charge on any atom is -0.383 e. The molecule has 1 aromatic rings. The molecule has 0 spiro atoms. The van der Waals surface area contributed by atoms with Crippen LogP contribution in [0.4, 0.5) is 0 Å². The molecule has 0 aliphatic heterocycles. The van der Waals surface area contributed by atoms with Gasteiger partial charge in [-0.1, -0.05) is 0 Å². The third-order valence-electron chi connectivity index (χ3n) is 2.08. The van der Waals surface area contributed by atoms with Gasteiger partial charge in [0.2, 0.25) is 0 Å². The molecule has 0 fully saturated rings. The van der Waals surface area contributed by atoms with E-state index in [0.29, 0.717) is 31.8 Å². The average Bonchev–Trinajstić information content (AvgIpc) is 2.35. The van der Waals surface area contributed by atoms with Gasteiger partial charge in [0.1, 0.15) is 0 Å². The van der Waals surface area contributed by atoms with Gasteiger partial charge in [-0.15, -0.1) is 0 Å². The highest BCUT2D eigenvalue weighted by atomic mass is 16.5. The summed E-state index contributed by atoms with van der Waals surface area (Å²) in [4.78, 5) is 13.6. The molecule has 1 rings (SSSR count). The number of nitrogens with zero attached hydrogens (tertiary/aromatic N) is 3. The zero-order chi connectivity index (χ0) is 11.8. The number of hydrogen-bond donors (Lipinski definition) is 1. The minimum atomic E-state index is -0.0996. The Morgan fingerprint density at radius 1 is 1.50 bits per heavy atom. The summed E-state index contributed by atoms with van der Waals surface area (Å²) >= 11 is 0. The molecule has 0 aliphatic rings. The van der Waals surface area contributed by atoms with Crippen LogP contribution in [0.25, 0.3) is 0 Å². The smallest absolute Gasteiger partial charge is 0.255 e. The van der Waals surface area contributed by atoms with Gasteiger partial charge in [0.25, 0.3) is 5.91 Å². The molecule has 6 nitrogen and oxygen atoms in total. The summed E-state index contributed by atoms with van der Waals surface area (Å²) in [6.45, 7) is 1.94. The van der Waals surface area contributed by atoms with Crippen LogP contribution >= 0.6 is 0 Å². The third-order valence-corrected chi connectivity index (χ3v) is 2.08. The Bertz CT molecular complexity index is 318. The van der Waals surface area contributed by atoms with Gasteiger partial charge in [-0.25, -0.2) is 0 Å². The Labute approximate surface area is 94.4 Å². The highest BCUT2D eigenvalue weighted by molar-refractivity contribution is 5.93. The van der Waals surface area contributed by atoms with E-state index >= 15 is 0 Å². The second-order valence-electron chi connectivity index (χ2n) is 3.20. The van der Waals surface area contributed by atoms with Crippen molar-refractivity contribution in [1.82, 2.24) is 15.1 Å². The average molecular weight is 224 g/mol. The summed E-state index contributed by atoms with van der Waals surface area (Å²) in [5, 5.41) is 7.29. The first-order valence-corrected chi connectivity index (χ1v) is 5.04. The molecule has 0 aliphatic carbocycles. The lowest BCUT2D eigenvalue weighted by Gasteiger charge is -2.21. The maximum atomic E-state index is 12.0. The van der Waals surface area contributed by atoms with Crippen molar-refractivity contribution in [3.8, 4) is 0 Å². The SMILES string of the molecule is COCCN(CCN)C(=O)c1ccnnc1. The van der Waals surface area contributed by atoms with Crippen LogP contribution in [-0.4, -0.2) is 54.4 Å². The van der Waals surface area contributed by atoms with E-state index in [1.54, 1.807) is 18.1 Å². The molecule has 0 atom stereocenters. The fourth-order valence-electron chi connectivity index (χ4n) is 1.27.